The molecule has 1 aliphatic heterocycles. The van der Waals surface area contributed by atoms with Crippen molar-refractivity contribution in [1.82, 2.24) is 9.80 Å². The summed E-state index contributed by atoms with van der Waals surface area (Å²) < 4.78 is 11.9. The fraction of sp³-hybridized carbons (Fsp3) is 0.360. The summed E-state index contributed by atoms with van der Waals surface area (Å²) in [6.07, 6.45) is 0.00647. The lowest BCUT2D eigenvalue weighted by atomic mass is 9.98. The molecule has 0 radical (unpaired) electrons. The van der Waals surface area contributed by atoms with Crippen molar-refractivity contribution in [3.05, 3.63) is 74.1 Å². The van der Waals surface area contributed by atoms with Crippen molar-refractivity contribution in [2.24, 2.45) is 0 Å². The lowest BCUT2D eigenvalue weighted by Crippen LogP contribution is -2.35. The number of hydrogen-bond donors (Lipinski definition) is 0. The van der Waals surface area contributed by atoms with Crippen LogP contribution in [0.15, 0.2) is 45.6 Å². The van der Waals surface area contributed by atoms with Crippen LogP contribution in [-0.2, 0) is 0 Å². The Balaban J connectivity index is 1.92. The van der Waals surface area contributed by atoms with E-state index >= 15 is 0 Å². The van der Waals surface area contributed by atoms with Gasteiger partial charge in [0.25, 0.3) is 5.91 Å². The molecule has 2 heterocycles. The molecule has 6 nitrogen and oxygen atoms in total. The van der Waals surface area contributed by atoms with Crippen LogP contribution in [0.4, 0.5) is 0 Å². The maximum Gasteiger partial charge on any atom is 0.290 e. The smallest absolute Gasteiger partial charge is 0.290 e. The number of amides is 1. The molecule has 32 heavy (non-hydrogen) atoms. The van der Waals surface area contributed by atoms with E-state index in [2.05, 4.69) is 0 Å². The fourth-order valence-corrected chi connectivity index (χ4v) is 4.22. The highest BCUT2D eigenvalue weighted by molar-refractivity contribution is 6.32. The minimum Gasteiger partial charge on any atom is -0.491 e. The molecule has 0 saturated carbocycles. The lowest BCUT2D eigenvalue weighted by molar-refractivity contribution is 0.0716. The molecule has 7 heteroatoms. The first-order valence-electron chi connectivity index (χ1n) is 10.7. The number of halogens is 1. The van der Waals surface area contributed by atoms with Crippen LogP contribution in [0.3, 0.4) is 0 Å². The number of nitrogens with zero attached hydrogens (tertiary/aromatic N) is 2. The van der Waals surface area contributed by atoms with Crippen LogP contribution < -0.4 is 10.2 Å². The molecular weight excluding hydrogens is 428 g/mol. The maximum atomic E-state index is 13.6. The molecule has 2 aromatic carbocycles. The van der Waals surface area contributed by atoms with Crippen LogP contribution in [0, 0.1) is 6.92 Å². The Bertz CT molecular complexity index is 1250. The van der Waals surface area contributed by atoms with Crippen molar-refractivity contribution in [3.63, 3.8) is 0 Å². The number of likely N-dealkylation sites (N-methyl/N-ethyl adjacent to an activating group) is 1. The molecule has 3 aromatic rings. The van der Waals surface area contributed by atoms with Crippen molar-refractivity contribution >= 4 is 28.5 Å². The van der Waals surface area contributed by atoms with Crippen molar-refractivity contribution in [2.75, 3.05) is 27.2 Å². The zero-order chi connectivity index (χ0) is 23.2. The molecule has 1 aliphatic rings. The first-order chi connectivity index (χ1) is 15.2. The van der Waals surface area contributed by atoms with E-state index in [0.29, 0.717) is 40.4 Å². The number of ether oxygens (including phenoxy) is 1. The molecule has 1 amide bonds. The van der Waals surface area contributed by atoms with Gasteiger partial charge < -0.3 is 19.0 Å². The van der Waals surface area contributed by atoms with Gasteiger partial charge in [-0.3, -0.25) is 9.59 Å². The summed E-state index contributed by atoms with van der Waals surface area (Å²) in [5.74, 6) is 0.506. The molecule has 168 valence electrons. The van der Waals surface area contributed by atoms with Gasteiger partial charge in [-0.15, -0.1) is 0 Å². The van der Waals surface area contributed by atoms with Crippen molar-refractivity contribution in [2.45, 2.75) is 32.9 Å². The first-order valence-corrected chi connectivity index (χ1v) is 11.0. The summed E-state index contributed by atoms with van der Waals surface area (Å²) in [7, 11) is 3.89. The van der Waals surface area contributed by atoms with Gasteiger partial charge in [-0.25, -0.2) is 0 Å². The third-order valence-corrected chi connectivity index (χ3v) is 5.99. The van der Waals surface area contributed by atoms with Gasteiger partial charge in [-0.2, -0.15) is 0 Å². The van der Waals surface area contributed by atoms with E-state index in [-0.39, 0.29) is 23.2 Å². The van der Waals surface area contributed by atoms with E-state index in [1.54, 1.807) is 17.0 Å². The Labute approximate surface area is 192 Å². The third kappa shape index (κ3) is 4.00. The summed E-state index contributed by atoms with van der Waals surface area (Å²) in [6, 6.07) is 10.3. The molecule has 0 aliphatic carbocycles. The average Bonchev–Trinajstić information content (AvgIpc) is 3.00. The predicted molar refractivity (Wildman–Crippen MR) is 126 cm³/mol. The predicted octanol–water partition coefficient (Wildman–Crippen LogP) is 4.65. The molecule has 1 aromatic heterocycles. The van der Waals surface area contributed by atoms with Gasteiger partial charge in [-0.1, -0.05) is 23.7 Å². The monoisotopic (exact) mass is 454 g/mol. The quantitative estimate of drug-likeness (QED) is 0.542. The minimum absolute atomic E-state index is 0.00647. The summed E-state index contributed by atoms with van der Waals surface area (Å²) in [5.41, 5.74) is 2.08. The van der Waals surface area contributed by atoms with Crippen LogP contribution >= 0.6 is 11.6 Å². The number of fused-ring (bicyclic) bond motifs is 2. The minimum atomic E-state index is -0.561. The molecule has 0 saturated heterocycles. The Morgan fingerprint density at radius 3 is 2.62 bits per heavy atom. The Morgan fingerprint density at radius 1 is 1.19 bits per heavy atom. The van der Waals surface area contributed by atoms with E-state index < -0.39 is 6.04 Å². The fourth-order valence-electron chi connectivity index (χ4n) is 4.06. The second kappa shape index (κ2) is 8.60. The van der Waals surface area contributed by atoms with Gasteiger partial charge in [0, 0.05) is 18.1 Å². The summed E-state index contributed by atoms with van der Waals surface area (Å²) >= 11 is 6.30. The van der Waals surface area contributed by atoms with E-state index in [1.807, 2.05) is 64.0 Å². The molecule has 4 rings (SSSR count). The average molecular weight is 455 g/mol. The van der Waals surface area contributed by atoms with Crippen LogP contribution in [0.2, 0.25) is 5.02 Å². The molecule has 0 fully saturated rings. The molecule has 1 unspecified atom stereocenters. The molecular formula is C25H27ClN2O4. The first kappa shape index (κ1) is 22.4. The molecule has 0 bridgehead atoms. The number of benzene rings is 2. The van der Waals surface area contributed by atoms with Crippen LogP contribution in [0.5, 0.6) is 5.75 Å². The van der Waals surface area contributed by atoms with Crippen LogP contribution in [0.25, 0.3) is 11.0 Å². The van der Waals surface area contributed by atoms with E-state index in [1.165, 1.54) is 0 Å². The Morgan fingerprint density at radius 2 is 1.94 bits per heavy atom. The number of aryl methyl sites for hydroxylation is 1. The van der Waals surface area contributed by atoms with Gasteiger partial charge in [0.1, 0.15) is 11.3 Å². The van der Waals surface area contributed by atoms with Gasteiger partial charge in [-0.05, 0) is 70.3 Å². The van der Waals surface area contributed by atoms with Crippen molar-refractivity contribution < 1.29 is 13.9 Å². The topological polar surface area (TPSA) is 63.0 Å². The SMILES string of the molecule is Cc1cc2oc3c(c(=O)c2cc1Cl)C(c1cccc(OC(C)C)c1)N(CCN(C)C)C3=O. The normalized spacial score (nSPS) is 15.8. The molecule has 0 N–H and O–H groups in total. The van der Waals surface area contributed by atoms with Crippen LogP contribution in [0.1, 0.15) is 47.1 Å². The van der Waals surface area contributed by atoms with E-state index in [0.717, 1.165) is 11.1 Å². The maximum absolute atomic E-state index is 13.6. The van der Waals surface area contributed by atoms with Gasteiger partial charge in [0.05, 0.1) is 23.1 Å². The second-order valence-electron chi connectivity index (χ2n) is 8.71. The lowest BCUT2D eigenvalue weighted by Gasteiger charge is -2.26. The number of carbonyl (C=O) groups excluding carboxylic acids is 1. The highest BCUT2D eigenvalue weighted by Gasteiger charge is 2.42. The molecule has 1 atom stereocenters. The third-order valence-electron chi connectivity index (χ3n) is 5.58. The standard InChI is InChI=1S/C25H27ClN2O4/c1-14(2)31-17-8-6-7-16(12-17)22-21-23(29)18-13-19(26)15(3)11-20(18)32-24(21)25(30)28(22)10-9-27(4)5/h6-8,11-14,22H,9-10H2,1-5H3. The Kier molecular flexibility index (Phi) is 6.01. The van der Waals surface area contributed by atoms with Crippen molar-refractivity contribution in [1.29, 1.82) is 0 Å². The van der Waals surface area contributed by atoms with Gasteiger partial charge >= 0.3 is 0 Å². The van der Waals surface area contributed by atoms with E-state index in [4.69, 9.17) is 20.8 Å². The summed E-state index contributed by atoms with van der Waals surface area (Å²) in [4.78, 5) is 30.7. The van der Waals surface area contributed by atoms with Crippen LogP contribution in [-0.4, -0.2) is 49.0 Å². The number of rotatable bonds is 6. The Hall–Kier alpha value is -2.83. The second-order valence-corrected chi connectivity index (χ2v) is 9.12. The number of hydrogen-bond acceptors (Lipinski definition) is 5. The summed E-state index contributed by atoms with van der Waals surface area (Å²) in [5, 5.41) is 0.864. The van der Waals surface area contributed by atoms with Gasteiger partial charge in [0.15, 0.2) is 5.43 Å². The zero-order valence-electron chi connectivity index (χ0n) is 18.9. The largest absolute Gasteiger partial charge is 0.491 e. The van der Waals surface area contributed by atoms with Crippen molar-refractivity contribution in [3.8, 4) is 5.75 Å². The summed E-state index contributed by atoms with van der Waals surface area (Å²) in [6.45, 7) is 6.85. The highest BCUT2D eigenvalue weighted by Crippen LogP contribution is 2.39. The highest BCUT2D eigenvalue weighted by atomic mass is 35.5. The zero-order valence-corrected chi connectivity index (χ0v) is 19.7. The van der Waals surface area contributed by atoms with Gasteiger partial charge in [0.2, 0.25) is 5.76 Å². The van der Waals surface area contributed by atoms with E-state index in [9.17, 15) is 9.59 Å². The number of carbonyl (C=O) groups is 1. The molecule has 0 spiro atoms.